The summed E-state index contributed by atoms with van der Waals surface area (Å²) in [5, 5.41) is 8.92. The molecule has 0 bridgehead atoms. The van der Waals surface area contributed by atoms with Gasteiger partial charge in [-0.05, 0) is 18.8 Å². The minimum absolute atomic E-state index is 0.0278. The molecule has 5 heteroatoms. The lowest BCUT2D eigenvalue weighted by molar-refractivity contribution is 0.0892. The zero-order valence-electron chi connectivity index (χ0n) is 8.97. The van der Waals surface area contributed by atoms with Crippen molar-refractivity contribution < 1.29 is 18.1 Å². The average molecular weight is 224 g/mol. The van der Waals surface area contributed by atoms with Crippen LogP contribution in [-0.4, -0.2) is 26.6 Å². The third-order valence-corrected chi connectivity index (χ3v) is 2.57. The van der Waals surface area contributed by atoms with Crippen LogP contribution >= 0.6 is 0 Å². The summed E-state index contributed by atoms with van der Waals surface area (Å²) in [6.45, 7) is 5.94. The molecule has 86 valence electrons. The first-order chi connectivity index (χ1) is 6.47. The Morgan fingerprint density at radius 1 is 1.29 bits per heavy atom. The van der Waals surface area contributed by atoms with E-state index in [4.69, 9.17) is 13.8 Å². The number of aliphatic hydroxyl groups is 1. The van der Waals surface area contributed by atoms with E-state index in [1.165, 1.54) is 0 Å². The maximum Gasteiger partial charge on any atom is 0.302 e. The molecule has 0 aromatic heterocycles. The molecule has 0 aliphatic rings. The van der Waals surface area contributed by atoms with E-state index in [-0.39, 0.29) is 18.6 Å². The minimum Gasteiger partial charge on any atom is -0.396 e. The molecule has 0 radical (unpaired) electrons. The van der Waals surface area contributed by atoms with Gasteiger partial charge >= 0.3 is 11.4 Å². The van der Waals surface area contributed by atoms with Gasteiger partial charge in [0.15, 0.2) is 0 Å². The second-order valence-electron chi connectivity index (χ2n) is 3.98. The molecule has 0 heterocycles. The zero-order valence-corrected chi connectivity index (χ0v) is 9.79. The van der Waals surface area contributed by atoms with Crippen LogP contribution in [0.2, 0.25) is 0 Å². The first-order valence-corrected chi connectivity index (χ1v) is 5.89. The van der Waals surface area contributed by atoms with Gasteiger partial charge in [-0.1, -0.05) is 20.8 Å². The molecule has 0 aliphatic heterocycles. The van der Waals surface area contributed by atoms with Gasteiger partial charge in [-0.25, -0.2) is 0 Å². The van der Waals surface area contributed by atoms with Gasteiger partial charge in [-0.2, -0.15) is 4.21 Å². The molecular weight excluding hydrogens is 204 g/mol. The van der Waals surface area contributed by atoms with Crippen LogP contribution in [0.15, 0.2) is 0 Å². The fourth-order valence-electron chi connectivity index (χ4n) is 1.15. The van der Waals surface area contributed by atoms with E-state index in [9.17, 15) is 4.21 Å². The van der Waals surface area contributed by atoms with Crippen LogP contribution in [0.5, 0.6) is 0 Å². The Morgan fingerprint density at radius 2 is 1.86 bits per heavy atom. The van der Waals surface area contributed by atoms with Gasteiger partial charge in [0.2, 0.25) is 0 Å². The summed E-state index contributed by atoms with van der Waals surface area (Å²) in [5.41, 5.74) is 0. The number of hydrogen-bond donors (Lipinski definition) is 2. The third kappa shape index (κ3) is 6.48. The molecule has 0 saturated carbocycles. The molecular formula is C9H20O4S. The Kier molecular flexibility index (Phi) is 7.35. The Hall–Kier alpha value is 0.0300. The topological polar surface area (TPSA) is 66.8 Å². The normalized spacial score (nSPS) is 18.1. The predicted molar refractivity (Wildman–Crippen MR) is 56.0 cm³/mol. The molecule has 0 aromatic carbocycles. The molecule has 0 aromatic rings. The standard InChI is InChI=1S/C9H20O4S/c1-7(2)4-5-9(8(3)6-10)13-14(11)12/h7-10H,4-6H2,1-3H3,(H,11,12). The van der Waals surface area contributed by atoms with Gasteiger partial charge in [-0.15, -0.1) is 0 Å². The first kappa shape index (κ1) is 14.0. The van der Waals surface area contributed by atoms with E-state index in [0.29, 0.717) is 12.3 Å². The fraction of sp³-hybridized carbons (Fsp3) is 1.00. The van der Waals surface area contributed by atoms with Crippen LogP contribution in [0.4, 0.5) is 0 Å². The lowest BCUT2D eigenvalue weighted by atomic mass is 9.97. The molecule has 2 N–H and O–H groups in total. The zero-order chi connectivity index (χ0) is 11.1. The van der Waals surface area contributed by atoms with Crippen LogP contribution < -0.4 is 0 Å². The molecule has 0 aliphatic carbocycles. The summed E-state index contributed by atoms with van der Waals surface area (Å²) < 4.78 is 23.9. The van der Waals surface area contributed by atoms with Gasteiger partial charge in [0.05, 0.1) is 6.10 Å². The lowest BCUT2D eigenvalue weighted by Crippen LogP contribution is -2.26. The quantitative estimate of drug-likeness (QED) is 0.644. The molecule has 3 unspecified atom stereocenters. The van der Waals surface area contributed by atoms with Crippen molar-refractivity contribution in [2.75, 3.05) is 6.61 Å². The number of rotatable bonds is 7. The van der Waals surface area contributed by atoms with Crippen LogP contribution in [-0.2, 0) is 15.5 Å². The van der Waals surface area contributed by atoms with Crippen molar-refractivity contribution in [3.63, 3.8) is 0 Å². The Morgan fingerprint density at radius 3 is 2.21 bits per heavy atom. The Balaban J connectivity index is 4.03. The highest BCUT2D eigenvalue weighted by Gasteiger charge is 2.19. The summed E-state index contributed by atoms with van der Waals surface area (Å²) in [7, 11) is 0. The van der Waals surface area contributed by atoms with Crippen molar-refractivity contribution >= 4 is 11.4 Å². The van der Waals surface area contributed by atoms with Crippen LogP contribution in [0, 0.1) is 11.8 Å². The second-order valence-corrected chi connectivity index (χ2v) is 4.61. The van der Waals surface area contributed by atoms with Gasteiger partial charge in [0, 0.05) is 12.5 Å². The molecule has 3 atom stereocenters. The number of hydrogen-bond acceptors (Lipinski definition) is 3. The van der Waals surface area contributed by atoms with E-state index in [0.717, 1.165) is 6.42 Å². The third-order valence-electron chi connectivity index (χ3n) is 2.16. The SMILES string of the molecule is CC(C)CCC(OS(=O)O)C(C)CO. The maximum absolute atomic E-state index is 10.5. The lowest BCUT2D eigenvalue weighted by Gasteiger charge is -2.21. The van der Waals surface area contributed by atoms with Crippen molar-refractivity contribution in [2.24, 2.45) is 11.8 Å². The molecule has 0 rings (SSSR count). The molecule has 0 saturated heterocycles. The monoisotopic (exact) mass is 224 g/mol. The van der Waals surface area contributed by atoms with Gasteiger partial charge in [-0.3, -0.25) is 8.74 Å². The molecule has 0 fully saturated rings. The van der Waals surface area contributed by atoms with Crippen LogP contribution in [0.1, 0.15) is 33.6 Å². The smallest absolute Gasteiger partial charge is 0.302 e. The highest BCUT2D eigenvalue weighted by molar-refractivity contribution is 7.74. The molecule has 14 heavy (non-hydrogen) atoms. The second kappa shape index (κ2) is 7.34. The molecule has 0 spiro atoms. The highest BCUT2D eigenvalue weighted by atomic mass is 32.2. The van der Waals surface area contributed by atoms with Crippen molar-refractivity contribution in [2.45, 2.75) is 39.7 Å². The van der Waals surface area contributed by atoms with Crippen LogP contribution in [0.3, 0.4) is 0 Å². The van der Waals surface area contributed by atoms with E-state index in [2.05, 4.69) is 13.8 Å². The summed E-state index contributed by atoms with van der Waals surface area (Å²) in [6.07, 6.45) is 1.28. The summed E-state index contributed by atoms with van der Waals surface area (Å²) in [4.78, 5) is 0. The van der Waals surface area contributed by atoms with Crippen LogP contribution in [0.25, 0.3) is 0 Å². The van der Waals surface area contributed by atoms with Gasteiger partial charge in [0.1, 0.15) is 0 Å². The van der Waals surface area contributed by atoms with E-state index < -0.39 is 11.4 Å². The molecule has 0 amide bonds. The summed E-state index contributed by atoms with van der Waals surface area (Å²) in [6, 6.07) is 0. The molecule has 4 nitrogen and oxygen atoms in total. The van der Waals surface area contributed by atoms with Gasteiger partial charge < -0.3 is 5.11 Å². The Labute approximate surface area is 88.2 Å². The van der Waals surface area contributed by atoms with Crippen molar-refractivity contribution in [3.05, 3.63) is 0 Å². The van der Waals surface area contributed by atoms with E-state index >= 15 is 0 Å². The van der Waals surface area contributed by atoms with Gasteiger partial charge in [0.25, 0.3) is 0 Å². The largest absolute Gasteiger partial charge is 0.396 e. The number of aliphatic hydroxyl groups excluding tert-OH is 1. The maximum atomic E-state index is 10.5. The first-order valence-electron chi connectivity index (χ1n) is 4.86. The van der Waals surface area contributed by atoms with E-state index in [1.54, 1.807) is 6.92 Å². The van der Waals surface area contributed by atoms with Crippen molar-refractivity contribution in [3.8, 4) is 0 Å². The predicted octanol–water partition coefficient (Wildman–Crippen LogP) is 1.57. The summed E-state index contributed by atoms with van der Waals surface area (Å²) >= 11 is -2.24. The van der Waals surface area contributed by atoms with Crippen molar-refractivity contribution in [1.82, 2.24) is 0 Å². The Bertz CT molecular complexity index is 172. The highest BCUT2D eigenvalue weighted by Crippen LogP contribution is 2.17. The van der Waals surface area contributed by atoms with E-state index in [1.807, 2.05) is 0 Å². The fourth-order valence-corrected chi connectivity index (χ4v) is 1.65. The summed E-state index contributed by atoms with van der Waals surface area (Å²) in [5.74, 6) is 0.420. The average Bonchev–Trinajstić information content (AvgIpc) is 2.10. The van der Waals surface area contributed by atoms with Crippen molar-refractivity contribution in [1.29, 1.82) is 0 Å². The minimum atomic E-state index is -2.24.